The number of carboxylic acids is 1. The lowest BCUT2D eigenvalue weighted by Crippen LogP contribution is -2.68. The summed E-state index contributed by atoms with van der Waals surface area (Å²) < 4.78 is 42.5. The van der Waals surface area contributed by atoms with Crippen LogP contribution in [0.1, 0.15) is 76.6 Å². The van der Waals surface area contributed by atoms with Gasteiger partial charge in [0.05, 0.1) is 23.8 Å². The zero-order valence-corrected chi connectivity index (χ0v) is 31.1. The highest BCUT2D eigenvalue weighted by molar-refractivity contribution is 7.39. The fourth-order valence-electron chi connectivity index (χ4n) is 7.20. The maximum atomic E-state index is 13.9. The van der Waals surface area contributed by atoms with Crippen molar-refractivity contribution in [1.29, 1.82) is 0 Å². The van der Waals surface area contributed by atoms with Crippen molar-refractivity contribution in [1.82, 2.24) is 4.57 Å². The van der Waals surface area contributed by atoms with E-state index < -0.39 is 28.4 Å². The average Bonchev–Trinajstić information content (AvgIpc) is 3.40. The Kier molecular flexibility index (Phi) is 11.8. The number of fused-ring (bicyclic) bond motifs is 1. The number of benzene rings is 3. The van der Waals surface area contributed by atoms with E-state index in [1.807, 2.05) is 60.7 Å². The summed E-state index contributed by atoms with van der Waals surface area (Å²) in [6.07, 6.45) is 1.96. The Morgan fingerprint density at radius 2 is 1.59 bits per heavy atom. The van der Waals surface area contributed by atoms with Gasteiger partial charge in [0.2, 0.25) is 0 Å². The van der Waals surface area contributed by atoms with Gasteiger partial charge in [-0.3, -0.25) is 9.36 Å². The molecule has 0 aliphatic carbocycles. The van der Waals surface area contributed by atoms with Crippen molar-refractivity contribution in [2.75, 3.05) is 12.8 Å². The van der Waals surface area contributed by atoms with E-state index in [1.54, 1.807) is 12.1 Å². The van der Waals surface area contributed by atoms with E-state index in [1.165, 1.54) is 23.4 Å². The van der Waals surface area contributed by atoms with Gasteiger partial charge >= 0.3 is 5.97 Å². The topological polar surface area (TPSA) is 77.8 Å². The third-order valence-corrected chi connectivity index (χ3v) is 15.6. The molecule has 4 aromatic rings. The van der Waals surface area contributed by atoms with Crippen molar-refractivity contribution < 1.29 is 27.8 Å². The van der Waals surface area contributed by atoms with Crippen LogP contribution in [0.2, 0.25) is 5.04 Å². The first-order valence-electron chi connectivity index (χ1n) is 17.1. The van der Waals surface area contributed by atoms with Crippen molar-refractivity contribution >= 4 is 32.7 Å². The van der Waals surface area contributed by atoms with Crippen molar-refractivity contribution in [3.8, 4) is 23.1 Å². The predicted octanol–water partition coefficient (Wildman–Crippen LogP) is 8.02. The zero-order valence-electron chi connectivity index (χ0n) is 29.1. The number of carboxylic acid groups (broad SMARTS) is 1. The van der Waals surface area contributed by atoms with Crippen LogP contribution in [0.4, 0.5) is 4.39 Å². The largest absolute Gasteiger partial charge is 0.481 e. The van der Waals surface area contributed by atoms with Gasteiger partial charge in [0.1, 0.15) is 12.4 Å². The Bertz CT molecular complexity index is 1780. The van der Waals surface area contributed by atoms with E-state index in [4.69, 9.17) is 8.95 Å². The maximum Gasteiger partial charge on any atom is 0.305 e. The average molecular weight is 700 g/mol. The molecule has 1 N–H and O–H groups in total. The molecule has 2 heterocycles. The van der Waals surface area contributed by atoms with Gasteiger partial charge in [0.25, 0.3) is 8.32 Å². The van der Waals surface area contributed by atoms with Crippen LogP contribution in [0.3, 0.4) is 0 Å². The molecule has 49 heavy (non-hydrogen) atoms. The SMILES string of the molecule is CC(C)c1c(C#CCO[PH](=O)CC(CC(=O)O)O[Si](c2ccccc2)(c2ccccc2)C(C)(C)C)c(-c2ccc(F)cc2)n2c1CCCC2. The lowest BCUT2D eigenvalue weighted by atomic mass is 9.94. The van der Waals surface area contributed by atoms with Crippen LogP contribution in [0.15, 0.2) is 84.9 Å². The molecule has 0 radical (unpaired) electrons. The molecule has 0 saturated heterocycles. The number of carbonyl (C=O) groups is 1. The Hall–Kier alpha value is -3.73. The van der Waals surface area contributed by atoms with Gasteiger partial charge < -0.3 is 18.6 Å². The Balaban J connectivity index is 1.41. The molecule has 2 unspecified atom stereocenters. The van der Waals surface area contributed by atoms with Crippen LogP contribution >= 0.6 is 8.03 Å². The van der Waals surface area contributed by atoms with Gasteiger partial charge in [-0.1, -0.05) is 107 Å². The summed E-state index contributed by atoms with van der Waals surface area (Å²) in [7, 11) is -5.81. The maximum absolute atomic E-state index is 13.9. The summed E-state index contributed by atoms with van der Waals surface area (Å²) in [6, 6.07) is 26.5. The standard InChI is InChI=1S/C40H47FNO5PSi/c1-29(2)38-35(39(30-21-23-31(41)24-22-30)42-25-13-12-20-36(38)42)19-14-26-46-48(45)28-32(27-37(43)44)47-49(40(3,4)5,33-15-8-6-9-16-33)34-17-10-7-11-18-34/h6-11,15-18,21-24,29,32,48H,12-13,20,25-28H2,1-5H3,(H,43,44). The molecule has 0 bridgehead atoms. The quantitative estimate of drug-likeness (QED) is 0.0921. The molecule has 0 amide bonds. The molecular weight excluding hydrogens is 653 g/mol. The lowest BCUT2D eigenvalue weighted by molar-refractivity contribution is -0.138. The highest BCUT2D eigenvalue weighted by Crippen LogP contribution is 2.40. The molecule has 0 spiro atoms. The summed E-state index contributed by atoms with van der Waals surface area (Å²) >= 11 is 0. The lowest BCUT2D eigenvalue weighted by Gasteiger charge is -2.45. The first-order valence-corrected chi connectivity index (χ1v) is 20.5. The van der Waals surface area contributed by atoms with E-state index in [-0.39, 0.29) is 36.0 Å². The number of aromatic nitrogens is 1. The summed E-state index contributed by atoms with van der Waals surface area (Å²) in [4.78, 5) is 12.1. The highest BCUT2D eigenvalue weighted by Gasteiger charge is 2.51. The molecule has 9 heteroatoms. The molecule has 1 aliphatic heterocycles. The fraction of sp³-hybridized carbons (Fsp3) is 0.375. The van der Waals surface area contributed by atoms with Crippen molar-refractivity contribution in [2.24, 2.45) is 0 Å². The third kappa shape index (κ3) is 8.19. The van der Waals surface area contributed by atoms with Gasteiger partial charge in [-0.2, -0.15) is 0 Å². The van der Waals surface area contributed by atoms with Crippen LogP contribution in [0.25, 0.3) is 11.3 Å². The molecule has 5 rings (SSSR count). The number of hydrogen-bond acceptors (Lipinski definition) is 4. The van der Waals surface area contributed by atoms with Crippen molar-refractivity contribution in [2.45, 2.75) is 83.9 Å². The number of halogens is 1. The Labute approximate surface area is 291 Å². The second-order valence-electron chi connectivity index (χ2n) is 14.0. The van der Waals surface area contributed by atoms with Crippen LogP contribution < -0.4 is 10.4 Å². The first-order chi connectivity index (χ1) is 23.4. The molecule has 0 fully saturated rings. The normalized spacial score (nSPS) is 14.5. The van der Waals surface area contributed by atoms with E-state index in [9.17, 15) is 18.9 Å². The monoisotopic (exact) mass is 699 g/mol. The minimum Gasteiger partial charge on any atom is -0.481 e. The summed E-state index contributed by atoms with van der Waals surface area (Å²) in [5, 5.41) is 11.6. The highest BCUT2D eigenvalue weighted by atomic mass is 31.1. The zero-order chi connectivity index (χ0) is 35.2. The van der Waals surface area contributed by atoms with Gasteiger partial charge in [0.15, 0.2) is 8.03 Å². The van der Waals surface area contributed by atoms with Crippen LogP contribution in [-0.2, 0) is 31.3 Å². The number of rotatable bonds is 12. The van der Waals surface area contributed by atoms with Gasteiger partial charge in [-0.25, -0.2) is 4.39 Å². The van der Waals surface area contributed by atoms with E-state index in [2.05, 4.69) is 51.0 Å². The number of nitrogens with zero attached hydrogens (tertiary/aromatic N) is 1. The second kappa shape index (κ2) is 15.9. The van der Waals surface area contributed by atoms with Crippen molar-refractivity contribution in [3.05, 3.63) is 108 Å². The minimum atomic E-state index is -3.09. The summed E-state index contributed by atoms with van der Waals surface area (Å²) in [5.41, 5.74) is 5.27. The molecule has 1 aromatic heterocycles. The second-order valence-corrected chi connectivity index (χ2v) is 19.7. The van der Waals surface area contributed by atoms with E-state index >= 15 is 0 Å². The first kappa shape index (κ1) is 36.5. The van der Waals surface area contributed by atoms with E-state index in [0.29, 0.717) is 0 Å². The molecule has 3 aromatic carbocycles. The van der Waals surface area contributed by atoms with Gasteiger partial charge in [-0.15, -0.1) is 0 Å². The molecule has 6 nitrogen and oxygen atoms in total. The fourth-order valence-corrected chi connectivity index (χ4v) is 13.0. The van der Waals surface area contributed by atoms with Crippen LogP contribution in [-0.4, -0.2) is 42.8 Å². The van der Waals surface area contributed by atoms with Crippen LogP contribution in [0, 0.1) is 17.7 Å². The molecule has 2 atom stereocenters. The minimum absolute atomic E-state index is 0.0399. The molecular formula is C40H47FNO5PSi. The number of aliphatic carboxylic acids is 1. The van der Waals surface area contributed by atoms with Gasteiger partial charge in [0, 0.05) is 18.4 Å². The third-order valence-electron chi connectivity index (χ3n) is 9.23. The summed E-state index contributed by atoms with van der Waals surface area (Å²) in [5.74, 6) is 5.38. The van der Waals surface area contributed by atoms with Crippen molar-refractivity contribution in [3.63, 3.8) is 0 Å². The molecule has 258 valence electrons. The predicted molar refractivity (Wildman–Crippen MR) is 198 cm³/mol. The molecule has 1 aliphatic rings. The van der Waals surface area contributed by atoms with Gasteiger partial charge in [-0.05, 0) is 76.0 Å². The number of hydrogen-bond donors (Lipinski definition) is 1. The Morgan fingerprint density at radius 3 is 2.14 bits per heavy atom. The summed E-state index contributed by atoms with van der Waals surface area (Å²) in [6.45, 7) is 11.5. The smallest absolute Gasteiger partial charge is 0.305 e. The van der Waals surface area contributed by atoms with E-state index in [0.717, 1.165) is 53.0 Å². The molecule has 0 saturated carbocycles. The Morgan fingerprint density at radius 1 is 0.980 bits per heavy atom. The van der Waals surface area contributed by atoms with Crippen LogP contribution in [0.5, 0.6) is 0 Å².